The van der Waals surface area contributed by atoms with E-state index in [1.807, 2.05) is 12.2 Å². The summed E-state index contributed by atoms with van der Waals surface area (Å²) in [6, 6.07) is 1.73. The fourth-order valence-electron chi connectivity index (χ4n) is 2.25. The maximum Gasteiger partial charge on any atom is 0.307 e. The summed E-state index contributed by atoms with van der Waals surface area (Å²) >= 11 is 0. The third kappa shape index (κ3) is 2.16. The Bertz CT molecular complexity index is 600. The number of aromatic nitrogens is 2. The van der Waals surface area contributed by atoms with Gasteiger partial charge in [0.2, 0.25) is 11.7 Å². The van der Waals surface area contributed by atoms with Gasteiger partial charge in [0.05, 0.1) is 23.7 Å². The molecule has 0 fully saturated rings. The molecule has 0 bridgehead atoms. The first kappa shape index (κ1) is 11.7. The molecule has 2 heterocycles. The van der Waals surface area contributed by atoms with Crippen LogP contribution in [-0.2, 0) is 4.79 Å². The Kier molecular flexibility index (Phi) is 2.91. The van der Waals surface area contributed by atoms with Gasteiger partial charge in [0.15, 0.2) is 0 Å². The van der Waals surface area contributed by atoms with Gasteiger partial charge in [-0.3, -0.25) is 4.79 Å². The van der Waals surface area contributed by atoms with Crippen molar-refractivity contribution in [2.24, 2.45) is 5.92 Å². The quantitative estimate of drug-likeness (QED) is 0.852. The minimum Gasteiger partial charge on any atom is -0.481 e. The highest BCUT2D eigenvalue weighted by atomic mass is 16.5. The van der Waals surface area contributed by atoms with Crippen LogP contribution >= 0.6 is 0 Å². The minimum atomic E-state index is -0.836. The zero-order valence-electron chi connectivity index (χ0n) is 10.0. The Hall–Kier alpha value is -2.37. The van der Waals surface area contributed by atoms with Crippen LogP contribution in [0.2, 0.25) is 0 Å². The lowest BCUT2D eigenvalue weighted by Crippen LogP contribution is -2.23. The van der Waals surface area contributed by atoms with Gasteiger partial charge >= 0.3 is 5.97 Å². The van der Waals surface area contributed by atoms with Crippen LogP contribution in [0.1, 0.15) is 24.7 Å². The van der Waals surface area contributed by atoms with Gasteiger partial charge in [-0.15, -0.1) is 0 Å². The van der Waals surface area contributed by atoms with Gasteiger partial charge in [-0.05, 0) is 18.9 Å². The number of hydrogen-bond donors (Lipinski definition) is 1. The summed E-state index contributed by atoms with van der Waals surface area (Å²) in [4.78, 5) is 15.5. The Morgan fingerprint density at radius 3 is 2.95 bits per heavy atom. The topological polar surface area (TPSA) is 89.4 Å². The highest BCUT2D eigenvalue weighted by Gasteiger charge is 2.34. The summed E-state index contributed by atoms with van der Waals surface area (Å²) < 4.78 is 10.2. The normalized spacial score (nSPS) is 22.5. The lowest BCUT2D eigenvalue weighted by atomic mass is 9.83. The van der Waals surface area contributed by atoms with Gasteiger partial charge in [0.25, 0.3) is 0 Å². The van der Waals surface area contributed by atoms with Crippen LogP contribution in [0.25, 0.3) is 11.4 Å². The molecule has 0 radical (unpaired) electrons. The maximum absolute atomic E-state index is 11.2. The molecule has 19 heavy (non-hydrogen) atoms. The first-order valence-corrected chi connectivity index (χ1v) is 5.99. The summed E-state index contributed by atoms with van der Waals surface area (Å²) in [5.74, 6) is -0.828. The summed E-state index contributed by atoms with van der Waals surface area (Å²) in [5.41, 5.74) is 0.716. The van der Waals surface area contributed by atoms with Crippen molar-refractivity contribution in [3.8, 4) is 11.4 Å². The number of aliphatic carboxylic acids is 1. The third-order valence-electron chi connectivity index (χ3n) is 3.29. The smallest absolute Gasteiger partial charge is 0.307 e. The maximum atomic E-state index is 11.2. The van der Waals surface area contributed by atoms with Crippen LogP contribution in [0, 0.1) is 5.92 Å². The number of allylic oxidation sites excluding steroid dienone is 2. The second kappa shape index (κ2) is 4.72. The molecule has 98 valence electrons. The first-order chi connectivity index (χ1) is 9.25. The molecule has 0 saturated carbocycles. The van der Waals surface area contributed by atoms with Crippen LogP contribution in [0.15, 0.2) is 39.7 Å². The summed E-state index contributed by atoms with van der Waals surface area (Å²) in [5, 5.41) is 13.1. The van der Waals surface area contributed by atoms with Gasteiger partial charge in [-0.2, -0.15) is 4.98 Å². The Morgan fingerprint density at radius 1 is 1.37 bits per heavy atom. The van der Waals surface area contributed by atoms with Crippen molar-refractivity contribution in [3.63, 3.8) is 0 Å². The fraction of sp³-hybridized carbons (Fsp3) is 0.308. The number of carboxylic acids is 1. The molecule has 6 heteroatoms. The molecular formula is C13H12N2O4. The van der Waals surface area contributed by atoms with E-state index in [1.165, 1.54) is 12.5 Å². The van der Waals surface area contributed by atoms with Crippen molar-refractivity contribution in [2.45, 2.75) is 18.8 Å². The average molecular weight is 260 g/mol. The van der Waals surface area contributed by atoms with E-state index in [1.54, 1.807) is 6.07 Å². The van der Waals surface area contributed by atoms with Gasteiger partial charge in [-0.25, -0.2) is 0 Å². The SMILES string of the molecule is O=C(O)C1CC=CCC1c1nc(-c2ccoc2)no1. The highest BCUT2D eigenvalue weighted by molar-refractivity contribution is 5.71. The van der Waals surface area contributed by atoms with Crippen molar-refractivity contribution in [2.75, 3.05) is 0 Å². The van der Waals surface area contributed by atoms with Crippen LogP contribution < -0.4 is 0 Å². The molecule has 0 aliphatic heterocycles. The van der Waals surface area contributed by atoms with Crippen LogP contribution in [-0.4, -0.2) is 21.2 Å². The third-order valence-corrected chi connectivity index (χ3v) is 3.29. The van der Waals surface area contributed by atoms with E-state index in [9.17, 15) is 9.90 Å². The van der Waals surface area contributed by atoms with Crippen LogP contribution in [0.3, 0.4) is 0 Å². The fourth-order valence-corrected chi connectivity index (χ4v) is 2.25. The van der Waals surface area contributed by atoms with Crippen molar-refractivity contribution in [1.82, 2.24) is 10.1 Å². The van der Waals surface area contributed by atoms with Crippen LogP contribution in [0.5, 0.6) is 0 Å². The number of furan rings is 1. The molecule has 0 amide bonds. The van der Waals surface area contributed by atoms with E-state index in [0.29, 0.717) is 30.1 Å². The number of carbonyl (C=O) groups is 1. The summed E-state index contributed by atoms with van der Waals surface area (Å²) in [7, 11) is 0. The van der Waals surface area contributed by atoms with E-state index >= 15 is 0 Å². The van der Waals surface area contributed by atoms with E-state index in [4.69, 9.17) is 8.94 Å². The molecule has 2 atom stereocenters. The number of carboxylic acid groups (broad SMARTS) is 1. The van der Waals surface area contributed by atoms with Gasteiger partial charge < -0.3 is 14.0 Å². The standard InChI is InChI=1S/C13H12N2O4/c16-13(17)10-4-2-1-3-9(10)12-14-11(15-19-12)8-5-6-18-7-8/h1-2,5-7,9-10H,3-4H2,(H,16,17). The van der Waals surface area contributed by atoms with Gasteiger partial charge in [0, 0.05) is 0 Å². The van der Waals surface area contributed by atoms with Gasteiger partial charge in [-0.1, -0.05) is 17.3 Å². The zero-order chi connectivity index (χ0) is 13.2. The Morgan fingerprint density at radius 2 is 2.21 bits per heavy atom. The second-order valence-corrected chi connectivity index (χ2v) is 4.46. The lowest BCUT2D eigenvalue weighted by molar-refractivity contribution is -0.142. The molecule has 2 aromatic rings. The monoisotopic (exact) mass is 260 g/mol. The van der Waals surface area contributed by atoms with Crippen LogP contribution in [0.4, 0.5) is 0 Å². The largest absolute Gasteiger partial charge is 0.481 e. The predicted octanol–water partition coefficient (Wildman–Crippen LogP) is 2.46. The zero-order valence-corrected chi connectivity index (χ0v) is 10.0. The molecule has 2 unspecified atom stereocenters. The van der Waals surface area contributed by atoms with Crippen molar-refractivity contribution in [3.05, 3.63) is 36.6 Å². The van der Waals surface area contributed by atoms with E-state index in [-0.39, 0.29) is 5.92 Å². The van der Waals surface area contributed by atoms with Crippen molar-refractivity contribution in [1.29, 1.82) is 0 Å². The molecule has 0 saturated heterocycles. The highest BCUT2D eigenvalue weighted by Crippen LogP contribution is 2.34. The molecular weight excluding hydrogens is 248 g/mol. The van der Waals surface area contributed by atoms with E-state index in [0.717, 1.165) is 0 Å². The Labute approximate surface area is 108 Å². The van der Waals surface area contributed by atoms with E-state index in [2.05, 4.69) is 10.1 Å². The summed E-state index contributed by atoms with van der Waals surface area (Å²) in [6.07, 6.45) is 7.96. The minimum absolute atomic E-state index is 0.268. The van der Waals surface area contributed by atoms with E-state index < -0.39 is 11.9 Å². The molecule has 0 spiro atoms. The molecule has 6 nitrogen and oxygen atoms in total. The van der Waals surface area contributed by atoms with Gasteiger partial charge in [0.1, 0.15) is 6.26 Å². The molecule has 3 rings (SSSR count). The number of rotatable bonds is 3. The molecule has 1 aliphatic rings. The second-order valence-electron chi connectivity index (χ2n) is 4.46. The molecule has 0 aromatic carbocycles. The molecule has 2 aromatic heterocycles. The average Bonchev–Trinajstić information content (AvgIpc) is 3.09. The number of hydrogen-bond acceptors (Lipinski definition) is 5. The summed E-state index contributed by atoms with van der Waals surface area (Å²) in [6.45, 7) is 0. The molecule has 1 aliphatic carbocycles. The van der Waals surface area contributed by atoms with Crippen molar-refractivity contribution < 1.29 is 18.8 Å². The lowest BCUT2D eigenvalue weighted by Gasteiger charge is -2.21. The molecule has 1 N–H and O–H groups in total. The van der Waals surface area contributed by atoms with Crippen molar-refractivity contribution >= 4 is 5.97 Å². The number of nitrogens with zero attached hydrogens (tertiary/aromatic N) is 2. The first-order valence-electron chi connectivity index (χ1n) is 5.99. The predicted molar refractivity (Wildman–Crippen MR) is 64.2 cm³/mol. The Balaban J connectivity index is 1.89.